The highest BCUT2D eigenvalue weighted by Gasteiger charge is 2.40. The van der Waals surface area contributed by atoms with Gasteiger partial charge in [0.1, 0.15) is 17.7 Å². The summed E-state index contributed by atoms with van der Waals surface area (Å²) in [5.41, 5.74) is 1.62. The fourth-order valence-corrected chi connectivity index (χ4v) is 4.20. The van der Waals surface area contributed by atoms with Crippen LogP contribution in [0.25, 0.3) is 0 Å². The smallest absolute Gasteiger partial charge is 0.258 e. The molecular weight excluding hydrogens is 391 g/mol. The van der Waals surface area contributed by atoms with Crippen molar-refractivity contribution in [1.82, 2.24) is 4.90 Å². The topological polar surface area (TPSA) is 74.1 Å². The van der Waals surface area contributed by atoms with Crippen LogP contribution in [-0.4, -0.2) is 39.0 Å². The van der Waals surface area contributed by atoms with E-state index in [1.165, 1.54) is 28.8 Å². The zero-order chi connectivity index (χ0) is 20.5. The van der Waals surface area contributed by atoms with Crippen molar-refractivity contribution in [2.24, 2.45) is 9.98 Å². The SMILES string of the molecule is CC[C@@H](SC1=Nc2ccccc2C2=N[C@@H](C)C(=O)N12)C(=O)Nc1ccccc1F. The number of aliphatic imine (C=N–C) groups is 2. The van der Waals surface area contributed by atoms with Crippen molar-refractivity contribution >= 4 is 46.0 Å². The maximum absolute atomic E-state index is 13.9. The Morgan fingerprint density at radius 3 is 2.72 bits per heavy atom. The van der Waals surface area contributed by atoms with Gasteiger partial charge < -0.3 is 5.32 Å². The largest absolute Gasteiger partial charge is 0.323 e. The number of nitrogens with zero attached hydrogens (tertiary/aromatic N) is 3. The summed E-state index contributed by atoms with van der Waals surface area (Å²) in [7, 11) is 0. The standard InChI is InChI=1S/C21H19FN4O2S/c1-3-17(19(27)24-16-11-7-5-9-14(16)22)29-21-25-15-10-6-4-8-13(15)18-23-12(2)20(28)26(18)21/h4-12,17H,3H2,1-2H3,(H,24,27)/t12-,17+/m0/s1. The second-order valence-electron chi connectivity index (χ2n) is 6.70. The van der Waals surface area contributed by atoms with Crippen LogP contribution in [0.4, 0.5) is 15.8 Å². The Morgan fingerprint density at radius 1 is 1.24 bits per heavy atom. The fraction of sp³-hybridized carbons (Fsp3) is 0.238. The summed E-state index contributed by atoms with van der Waals surface area (Å²) in [5, 5.41) is 2.48. The molecule has 0 spiro atoms. The molecule has 2 heterocycles. The van der Waals surface area contributed by atoms with Crippen LogP contribution in [0.3, 0.4) is 0 Å². The van der Waals surface area contributed by atoms with Crippen LogP contribution in [0.15, 0.2) is 58.5 Å². The van der Waals surface area contributed by atoms with Gasteiger partial charge in [0.25, 0.3) is 5.91 Å². The summed E-state index contributed by atoms with van der Waals surface area (Å²) < 4.78 is 13.9. The number of hydrogen-bond donors (Lipinski definition) is 1. The number of nitrogens with one attached hydrogen (secondary N) is 1. The van der Waals surface area contributed by atoms with Crippen molar-refractivity contribution in [2.75, 3.05) is 5.32 Å². The van der Waals surface area contributed by atoms with Gasteiger partial charge in [0.2, 0.25) is 5.91 Å². The van der Waals surface area contributed by atoms with Crippen molar-refractivity contribution in [3.8, 4) is 0 Å². The lowest BCUT2D eigenvalue weighted by Gasteiger charge is -2.27. The number of thioether (sulfide) groups is 1. The fourth-order valence-electron chi connectivity index (χ4n) is 3.18. The average molecular weight is 410 g/mol. The monoisotopic (exact) mass is 410 g/mol. The molecule has 29 heavy (non-hydrogen) atoms. The highest BCUT2D eigenvalue weighted by Crippen LogP contribution is 2.35. The van der Waals surface area contributed by atoms with E-state index in [4.69, 9.17) is 0 Å². The van der Waals surface area contributed by atoms with Crippen LogP contribution in [0.1, 0.15) is 25.8 Å². The third-order valence-electron chi connectivity index (χ3n) is 4.70. The second-order valence-corrected chi connectivity index (χ2v) is 7.87. The number of anilines is 1. The number of amides is 2. The van der Waals surface area contributed by atoms with Gasteiger partial charge in [0, 0.05) is 5.56 Å². The van der Waals surface area contributed by atoms with E-state index in [1.54, 1.807) is 19.1 Å². The number of carbonyl (C=O) groups is 2. The predicted octanol–water partition coefficient (Wildman–Crippen LogP) is 3.95. The molecule has 148 valence electrons. The first-order chi connectivity index (χ1) is 14.0. The van der Waals surface area contributed by atoms with E-state index >= 15 is 0 Å². The van der Waals surface area contributed by atoms with Crippen LogP contribution in [0, 0.1) is 5.82 Å². The molecule has 0 unspecified atom stereocenters. The molecule has 2 aromatic carbocycles. The first-order valence-electron chi connectivity index (χ1n) is 9.31. The van der Waals surface area contributed by atoms with Crippen molar-refractivity contribution in [2.45, 2.75) is 31.6 Å². The molecular formula is C21H19FN4O2S. The van der Waals surface area contributed by atoms with Gasteiger partial charge in [-0.2, -0.15) is 0 Å². The lowest BCUT2D eigenvalue weighted by atomic mass is 10.1. The van der Waals surface area contributed by atoms with E-state index in [2.05, 4.69) is 15.3 Å². The maximum atomic E-state index is 13.9. The van der Waals surface area contributed by atoms with Crippen LogP contribution in [-0.2, 0) is 9.59 Å². The van der Waals surface area contributed by atoms with Crippen LogP contribution >= 0.6 is 11.8 Å². The number of carbonyl (C=O) groups excluding carboxylic acids is 2. The Balaban J connectivity index is 1.62. The molecule has 2 amide bonds. The van der Waals surface area contributed by atoms with E-state index in [1.807, 2.05) is 31.2 Å². The molecule has 2 aliphatic heterocycles. The summed E-state index contributed by atoms with van der Waals surface area (Å²) in [6.45, 7) is 3.60. The molecule has 4 rings (SSSR count). The summed E-state index contributed by atoms with van der Waals surface area (Å²) in [6, 6.07) is 13.0. The Morgan fingerprint density at radius 2 is 1.97 bits per heavy atom. The Bertz CT molecular complexity index is 1050. The lowest BCUT2D eigenvalue weighted by Crippen LogP contribution is -2.42. The van der Waals surface area contributed by atoms with Gasteiger partial charge in [-0.25, -0.2) is 14.3 Å². The van der Waals surface area contributed by atoms with Crippen molar-refractivity contribution in [3.05, 3.63) is 59.9 Å². The normalized spacial score (nSPS) is 18.5. The maximum Gasteiger partial charge on any atom is 0.258 e. The predicted molar refractivity (Wildman–Crippen MR) is 113 cm³/mol. The van der Waals surface area contributed by atoms with Crippen LogP contribution in [0.5, 0.6) is 0 Å². The van der Waals surface area contributed by atoms with E-state index in [0.29, 0.717) is 23.1 Å². The summed E-state index contributed by atoms with van der Waals surface area (Å²) in [5.74, 6) is -0.463. The third-order valence-corrected chi connectivity index (χ3v) is 6.02. The summed E-state index contributed by atoms with van der Waals surface area (Å²) >= 11 is 1.18. The Hall–Kier alpha value is -3.00. The number of rotatable bonds is 4. The van der Waals surface area contributed by atoms with Gasteiger partial charge in [0.05, 0.1) is 16.6 Å². The Labute approximate surface area is 171 Å². The molecule has 0 bridgehead atoms. The minimum atomic E-state index is -0.552. The molecule has 2 aromatic rings. The Kier molecular flexibility index (Phi) is 5.19. The number of amidine groups is 2. The molecule has 1 N–H and O–H groups in total. The van der Waals surface area contributed by atoms with Gasteiger partial charge in [-0.05, 0) is 37.6 Å². The third kappa shape index (κ3) is 3.55. The molecule has 0 aromatic heterocycles. The highest BCUT2D eigenvalue weighted by molar-refractivity contribution is 8.15. The molecule has 0 aliphatic carbocycles. The number of benzene rings is 2. The molecule has 0 fully saturated rings. The van der Waals surface area contributed by atoms with Crippen LogP contribution in [0.2, 0.25) is 0 Å². The zero-order valence-corrected chi connectivity index (χ0v) is 16.7. The van der Waals surface area contributed by atoms with Gasteiger partial charge in [-0.15, -0.1) is 0 Å². The molecule has 8 heteroatoms. The first-order valence-corrected chi connectivity index (χ1v) is 10.2. The van der Waals surface area contributed by atoms with Gasteiger partial charge in [-0.3, -0.25) is 14.6 Å². The van der Waals surface area contributed by atoms with E-state index in [0.717, 1.165) is 5.56 Å². The van der Waals surface area contributed by atoms with Gasteiger partial charge >= 0.3 is 0 Å². The first kappa shape index (κ1) is 19.3. The number of para-hydroxylation sites is 2. The minimum absolute atomic E-state index is 0.126. The molecule has 0 saturated heterocycles. The number of hydrogen-bond acceptors (Lipinski definition) is 5. The lowest BCUT2D eigenvalue weighted by molar-refractivity contribution is -0.124. The van der Waals surface area contributed by atoms with Crippen molar-refractivity contribution < 1.29 is 14.0 Å². The van der Waals surface area contributed by atoms with Gasteiger partial charge in [0.15, 0.2) is 5.17 Å². The molecule has 2 aliphatic rings. The second kappa shape index (κ2) is 7.79. The number of halogens is 1. The average Bonchev–Trinajstić information content (AvgIpc) is 3.03. The zero-order valence-electron chi connectivity index (χ0n) is 15.9. The van der Waals surface area contributed by atoms with E-state index < -0.39 is 17.1 Å². The summed E-state index contributed by atoms with van der Waals surface area (Å²) in [6.07, 6.45) is 0.482. The van der Waals surface area contributed by atoms with E-state index in [-0.39, 0.29) is 17.5 Å². The number of fused-ring (bicyclic) bond motifs is 3. The van der Waals surface area contributed by atoms with Crippen molar-refractivity contribution in [3.63, 3.8) is 0 Å². The quantitative estimate of drug-likeness (QED) is 0.829. The van der Waals surface area contributed by atoms with Gasteiger partial charge in [-0.1, -0.05) is 43.0 Å². The highest BCUT2D eigenvalue weighted by atomic mass is 32.2. The summed E-state index contributed by atoms with van der Waals surface area (Å²) in [4.78, 5) is 36.1. The van der Waals surface area contributed by atoms with E-state index in [9.17, 15) is 14.0 Å². The minimum Gasteiger partial charge on any atom is -0.323 e. The molecule has 0 radical (unpaired) electrons. The van der Waals surface area contributed by atoms with Crippen LogP contribution < -0.4 is 5.32 Å². The van der Waals surface area contributed by atoms with Crippen molar-refractivity contribution in [1.29, 1.82) is 0 Å². The molecule has 6 nitrogen and oxygen atoms in total. The molecule has 2 atom stereocenters. The molecule has 0 saturated carbocycles.